The fraction of sp³-hybridized carbons (Fsp3) is 0.308. The highest BCUT2D eigenvalue weighted by Crippen LogP contribution is 2.33. The molecule has 1 N–H and O–H groups in total. The van der Waals surface area contributed by atoms with Gasteiger partial charge in [0, 0.05) is 22.5 Å². The van der Waals surface area contributed by atoms with E-state index in [4.69, 9.17) is 16.3 Å². The summed E-state index contributed by atoms with van der Waals surface area (Å²) in [5, 5.41) is 4.19. The van der Waals surface area contributed by atoms with Gasteiger partial charge in [-0.3, -0.25) is 9.36 Å². The standard InChI is InChI=1S/C26H26ClN3O2S/c1-32-23-14-20(10-11-21(23)28-13-12-17-4-2-3-5-17)30-16-29-22-15-24(33-25(22)26(30)31)18-6-8-19(27)9-7-18/h6-11,14-17,28H,2-5,12-13H2,1H3. The summed E-state index contributed by atoms with van der Waals surface area (Å²) in [4.78, 5) is 18.8. The zero-order valence-electron chi connectivity index (χ0n) is 18.5. The Bertz CT molecular complexity index is 1320. The van der Waals surface area contributed by atoms with E-state index in [-0.39, 0.29) is 5.56 Å². The Hall–Kier alpha value is -2.83. The van der Waals surface area contributed by atoms with Crippen LogP contribution in [0.1, 0.15) is 32.1 Å². The summed E-state index contributed by atoms with van der Waals surface area (Å²) < 4.78 is 7.83. The number of nitrogens with zero attached hydrogens (tertiary/aromatic N) is 2. The lowest BCUT2D eigenvalue weighted by molar-refractivity contribution is 0.416. The molecule has 1 aliphatic carbocycles. The molecule has 1 aliphatic rings. The molecule has 2 aromatic carbocycles. The maximum Gasteiger partial charge on any atom is 0.275 e. The van der Waals surface area contributed by atoms with Crippen molar-refractivity contribution >= 4 is 38.8 Å². The van der Waals surface area contributed by atoms with Gasteiger partial charge in [-0.05, 0) is 48.2 Å². The van der Waals surface area contributed by atoms with Crippen LogP contribution in [0.5, 0.6) is 5.75 Å². The summed E-state index contributed by atoms with van der Waals surface area (Å²) in [5.41, 5.74) is 3.30. The number of nitrogens with one attached hydrogen (secondary N) is 1. The van der Waals surface area contributed by atoms with Crippen LogP contribution in [0.2, 0.25) is 5.02 Å². The predicted molar refractivity (Wildman–Crippen MR) is 137 cm³/mol. The van der Waals surface area contributed by atoms with Crippen LogP contribution < -0.4 is 15.6 Å². The van der Waals surface area contributed by atoms with Crippen LogP contribution in [0.15, 0.2) is 59.7 Å². The molecule has 33 heavy (non-hydrogen) atoms. The van der Waals surface area contributed by atoms with Crippen LogP contribution in [-0.2, 0) is 0 Å². The largest absolute Gasteiger partial charge is 0.495 e. The van der Waals surface area contributed by atoms with Crippen LogP contribution in [0.25, 0.3) is 26.3 Å². The molecule has 0 amide bonds. The van der Waals surface area contributed by atoms with E-state index < -0.39 is 0 Å². The lowest BCUT2D eigenvalue weighted by Gasteiger charge is -2.15. The van der Waals surface area contributed by atoms with Crippen LogP contribution >= 0.6 is 22.9 Å². The molecule has 0 atom stereocenters. The fourth-order valence-electron chi connectivity index (χ4n) is 4.54. The number of fused-ring (bicyclic) bond motifs is 1. The molecule has 1 saturated carbocycles. The second-order valence-corrected chi connectivity index (χ2v) is 9.99. The first-order chi connectivity index (χ1) is 16.1. The molecule has 7 heteroatoms. The first-order valence-corrected chi connectivity index (χ1v) is 12.5. The van der Waals surface area contributed by atoms with Gasteiger partial charge >= 0.3 is 0 Å². The molecule has 4 aromatic rings. The number of rotatable bonds is 7. The Morgan fingerprint density at radius 3 is 2.70 bits per heavy atom. The minimum absolute atomic E-state index is 0.0887. The van der Waals surface area contributed by atoms with Gasteiger partial charge in [-0.2, -0.15) is 0 Å². The average molecular weight is 480 g/mol. The van der Waals surface area contributed by atoms with Crippen molar-refractivity contribution < 1.29 is 4.74 Å². The van der Waals surface area contributed by atoms with Gasteiger partial charge in [0.2, 0.25) is 0 Å². The lowest BCUT2D eigenvalue weighted by atomic mass is 10.0. The molecular formula is C26H26ClN3O2S. The SMILES string of the molecule is COc1cc(-n2cnc3cc(-c4ccc(Cl)cc4)sc3c2=O)ccc1NCCC1CCCC1. The topological polar surface area (TPSA) is 56.2 Å². The maximum atomic E-state index is 13.3. The third-order valence-corrected chi connectivity index (χ3v) is 7.79. The van der Waals surface area contributed by atoms with Gasteiger partial charge in [0.05, 0.1) is 24.0 Å². The van der Waals surface area contributed by atoms with Crippen molar-refractivity contribution in [3.63, 3.8) is 0 Å². The third-order valence-electron chi connectivity index (χ3n) is 6.37. The third kappa shape index (κ3) is 4.63. The Morgan fingerprint density at radius 1 is 1.15 bits per heavy atom. The molecule has 5 rings (SSSR count). The van der Waals surface area contributed by atoms with E-state index in [0.29, 0.717) is 15.2 Å². The lowest BCUT2D eigenvalue weighted by Crippen LogP contribution is -2.18. The Labute approximate surface area is 202 Å². The van der Waals surface area contributed by atoms with E-state index in [0.717, 1.165) is 40.0 Å². The molecule has 2 aromatic heterocycles. The number of hydrogen-bond acceptors (Lipinski definition) is 5. The van der Waals surface area contributed by atoms with Gasteiger partial charge in [-0.25, -0.2) is 4.98 Å². The second kappa shape index (κ2) is 9.57. The van der Waals surface area contributed by atoms with Crippen molar-refractivity contribution in [3.8, 4) is 21.9 Å². The number of benzene rings is 2. The van der Waals surface area contributed by atoms with Crippen LogP contribution in [0.4, 0.5) is 5.69 Å². The number of thiophene rings is 1. The molecule has 2 heterocycles. The first kappa shape index (κ1) is 22.0. The number of methoxy groups -OCH3 is 1. The quantitative estimate of drug-likeness (QED) is 0.318. The molecule has 1 fully saturated rings. The van der Waals surface area contributed by atoms with Crippen molar-refractivity contribution in [1.29, 1.82) is 0 Å². The van der Waals surface area contributed by atoms with Gasteiger partial charge < -0.3 is 10.1 Å². The summed E-state index contributed by atoms with van der Waals surface area (Å²) in [7, 11) is 1.66. The minimum Gasteiger partial charge on any atom is -0.495 e. The van der Waals surface area contributed by atoms with Gasteiger partial charge in [-0.15, -0.1) is 11.3 Å². The van der Waals surface area contributed by atoms with Crippen molar-refractivity contribution in [3.05, 3.63) is 70.2 Å². The zero-order valence-corrected chi connectivity index (χ0v) is 20.1. The molecule has 170 valence electrons. The van der Waals surface area contributed by atoms with Gasteiger partial charge in [0.25, 0.3) is 5.56 Å². The van der Waals surface area contributed by atoms with Crippen molar-refractivity contribution in [2.45, 2.75) is 32.1 Å². The number of ether oxygens (including phenoxy) is 1. The second-order valence-electron chi connectivity index (χ2n) is 8.50. The predicted octanol–water partition coefficient (Wildman–Crippen LogP) is 6.77. The van der Waals surface area contributed by atoms with Gasteiger partial charge in [-0.1, -0.05) is 49.4 Å². The van der Waals surface area contributed by atoms with E-state index >= 15 is 0 Å². The summed E-state index contributed by atoms with van der Waals surface area (Å²) in [6.07, 6.45) is 8.18. The molecule has 0 radical (unpaired) electrons. The van der Waals surface area contributed by atoms with E-state index in [1.807, 2.05) is 48.5 Å². The van der Waals surface area contributed by atoms with Crippen LogP contribution in [-0.4, -0.2) is 23.2 Å². The van der Waals surface area contributed by atoms with E-state index in [1.54, 1.807) is 18.0 Å². The van der Waals surface area contributed by atoms with Crippen molar-refractivity contribution in [1.82, 2.24) is 9.55 Å². The molecule has 0 unspecified atom stereocenters. The first-order valence-electron chi connectivity index (χ1n) is 11.3. The summed E-state index contributed by atoms with van der Waals surface area (Å²) in [6, 6.07) is 15.4. The number of halogens is 1. The highest BCUT2D eigenvalue weighted by atomic mass is 35.5. The summed E-state index contributed by atoms with van der Waals surface area (Å²) in [6.45, 7) is 0.927. The minimum atomic E-state index is -0.0887. The Balaban J connectivity index is 1.41. The molecule has 5 nitrogen and oxygen atoms in total. The van der Waals surface area contributed by atoms with E-state index in [9.17, 15) is 4.79 Å². The molecule has 0 saturated heterocycles. The van der Waals surface area contributed by atoms with E-state index in [1.165, 1.54) is 43.4 Å². The van der Waals surface area contributed by atoms with Gasteiger partial charge in [0.1, 0.15) is 16.8 Å². The maximum absolute atomic E-state index is 13.3. The fourth-order valence-corrected chi connectivity index (χ4v) is 5.71. The Kier molecular flexibility index (Phi) is 6.38. The molecular weight excluding hydrogens is 454 g/mol. The van der Waals surface area contributed by atoms with E-state index in [2.05, 4.69) is 10.3 Å². The molecule has 0 aliphatic heterocycles. The Morgan fingerprint density at radius 2 is 1.94 bits per heavy atom. The van der Waals surface area contributed by atoms with Crippen LogP contribution in [0, 0.1) is 5.92 Å². The normalized spacial score (nSPS) is 14.1. The van der Waals surface area contributed by atoms with Gasteiger partial charge in [0.15, 0.2) is 0 Å². The highest BCUT2D eigenvalue weighted by Gasteiger charge is 2.16. The van der Waals surface area contributed by atoms with Crippen molar-refractivity contribution in [2.24, 2.45) is 5.92 Å². The number of aromatic nitrogens is 2. The molecule has 0 bridgehead atoms. The van der Waals surface area contributed by atoms with Crippen molar-refractivity contribution in [2.75, 3.05) is 19.0 Å². The number of hydrogen-bond donors (Lipinski definition) is 1. The highest BCUT2D eigenvalue weighted by molar-refractivity contribution is 7.22. The number of anilines is 1. The average Bonchev–Trinajstić information content (AvgIpc) is 3.51. The molecule has 0 spiro atoms. The monoisotopic (exact) mass is 479 g/mol. The smallest absolute Gasteiger partial charge is 0.275 e. The summed E-state index contributed by atoms with van der Waals surface area (Å²) >= 11 is 7.45. The van der Waals surface area contributed by atoms with Crippen LogP contribution in [0.3, 0.4) is 0 Å². The zero-order chi connectivity index (χ0) is 22.8. The summed E-state index contributed by atoms with van der Waals surface area (Å²) in [5.74, 6) is 1.56.